The van der Waals surface area contributed by atoms with Crippen LogP contribution in [0.1, 0.15) is 12.8 Å². The minimum Gasteiger partial charge on any atom is -0.477 e. The number of ether oxygens (including phenoxy) is 1. The van der Waals surface area contributed by atoms with E-state index in [0.29, 0.717) is 17.0 Å². The van der Waals surface area contributed by atoms with Crippen LogP contribution in [0.5, 0.6) is 0 Å². The third-order valence-corrected chi connectivity index (χ3v) is 2.92. The van der Waals surface area contributed by atoms with Crippen LogP contribution in [-0.4, -0.2) is 23.4 Å². The Balaban J connectivity index is 2.13. The Morgan fingerprint density at radius 2 is 2.44 bits per heavy atom. The average Bonchev–Trinajstić information content (AvgIpc) is 2.35. The highest BCUT2D eigenvalue weighted by molar-refractivity contribution is 9.09. The first-order chi connectivity index (χ1) is 4.38. The second-order valence-electron chi connectivity index (χ2n) is 2.52. The summed E-state index contributed by atoms with van der Waals surface area (Å²) in [5.41, 5.74) is 0. The molecule has 1 fully saturated rings. The molecule has 9 heavy (non-hydrogen) atoms. The van der Waals surface area contributed by atoms with Crippen LogP contribution < -0.4 is 0 Å². The van der Waals surface area contributed by atoms with Crippen molar-refractivity contribution < 1.29 is 4.74 Å². The van der Waals surface area contributed by atoms with Gasteiger partial charge in [0.05, 0.1) is 10.9 Å². The van der Waals surface area contributed by atoms with Crippen molar-refractivity contribution in [3.05, 3.63) is 0 Å². The third-order valence-electron chi connectivity index (χ3n) is 1.94. The zero-order valence-corrected chi connectivity index (χ0v) is 6.54. The molecule has 0 aromatic carbocycles. The lowest BCUT2D eigenvalue weighted by Crippen LogP contribution is -2.21. The predicted octanol–water partition coefficient (Wildman–Crippen LogP) is 1.34. The molecule has 0 amide bonds. The Hall–Kier alpha value is -0.0500. The summed E-state index contributed by atoms with van der Waals surface area (Å²) in [5.74, 6) is 0. The van der Waals surface area contributed by atoms with Gasteiger partial charge in [0, 0.05) is 0 Å². The van der Waals surface area contributed by atoms with Crippen molar-refractivity contribution in [2.75, 3.05) is 0 Å². The Labute approximate surface area is 62.4 Å². The van der Waals surface area contributed by atoms with Crippen molar-refractivity contribution >= 4 is 22.3 Å². The van der Waals surface area contributed by atoms with Gasteiger partial charge in [0.25, 0.3) is 0 Å². The second kappa shape index (κ2) is 1.97. The minimum atomic E-state index is 0.338. The number of rotatable bonds is 0. The van der Waals surface area contributed by atoms with Gasteiger partial charge in [0.2, 0.25) is 0 Å². The molecule has 0 aromatic rings. The van der Waals surface area contributed by atoms with Gasteiger partial charge < -0.3 is 4.74 Å². The molecular formula is C6H8BrNO. The first-order valence-electron chi connectivity index (χ1n) is 3.19. The number of hydrogen-bond acceptors (Lipinski definition) is 2. The summed E-state index contributed by atoms with van der Waals surface area (Å²) in [6.07, 6.45) is 4.30. The first kappa shape index (κ1) is 5.71. The number of alkyl halides is 1. The van der Waals surface area contributed by atoms with Crippen LogP contribution >= 0.6 is 15.9 Å². The summed E-state index contributed by atoms with van der Waals surface area (Å²) in [5, 5.41) is 0. The molecule has 1 heterocycles. The maximum atomic E-state index is 5.25. The highest BCUT2D eigenvalue weighted by Gasteiger charge is 2.38. The molecule has 3 heteroatoms. The summed E-state index contributed by atoms with van der Waals surface area (Å²) in [6.45, 7) is 0. The van der Waals surface area contributed by atoms with E-state index in [9.17, 15) is 0 Å². The van der Waals surface area contributed by atoms with E-state index in [0.717, 1.165) is 0 Å². The van der Waals surface area contributed by atoms with Crippen LogP contribution in [0.25, 0.3) is 0 Å². The normalized spacial score (nSPS) is 47.0. The van der Waals surface area contributed by atoms with Crippen LogP contribution in [-0.2, 0) is 4.74 Å². The summed E-state index contributed by atoms with van der Waals surface area (Å²) >= 11 is 3.54. The summed E-state index contributed by atoms with van der Waals surface area (Å²) in [4.78, 5) is 4.70. The fourth-order valence-electron chi connectivity index (χ4n) is 1.42. The van der Waals surface area contributed by atoms with Gasteiger partial charge in [-0.25, -0.2) is 0 Å². The highest BCUT2D eigenvalue weighted by Crippen LogP contribution is 2.32. The van der Waals surface area contributed by atoms with Crippen LogP contribution in [0, 0.1) is 0 Å². The average molecular weight is 190 g/mol. The lowest BCUT2D eigenvalue weighted by atomic mass is 10.2. The maximum absolute atomic E-state index is 5.25. The van der Waals surface area contributed by atoms with Crippen LogP contribution in [0.4, 0.5) is 0 Å². The number of aliphatic imine (C=N–C) groups is 1. The van der Waals surface area contributed by atoms with Gasteiger partial charge in [0.1, 0.15) is 6.10 Å². The smallest absolute Gasteiger partial charge is 0.170 e. The topological polar surface area (TPSA) is 21.6 Å². The predicted molar refractivity (Wildman–Crippen MR) is 39.1 cm³/mol. The molecule has 2 nitrogen and oxygen atoms in total. The fraction of sp³-hybridized carbons (Fsp3) is 0.833. The Kier molecular flexibility index (Phi) is 1.25. The van der Waals surface area contributed by atoms with Gasteiger partial charge in [-0.3, -0.25) is 4.99 Å². The molecule has 0 N–H and O–H groups in total. The van der Waals surface area contributed by atoms with Gasteiger partial charge in [-0.2, -0.15) is 0 Å². The lowest BCUT2D eigenvalue weighted by molar-refractivity contribution is 0.227. The molecule has 0 radical (unpaired) electrons. The van der Waals surface area contributed by atoms with E-state index in [2.05, 4.69) is 20.9 Å². The number of hydrogen-bond donors (Lipinski definition) is 0. The van der Waals surface area contributed by atoms with Gasteiger partial charge >= 0.3 is 0 Å². The molecule has 2 aliphatic rings. The van der Waals surface area contributed by atoms with Crippen molar-refractivity contribution in [3.8, 4) is 0 Å². The molecule has 3 atom stereocenters. The summed E-state index contributed by atoms with van der Waals surface area (Å²) in [7, 11) is 0. The molecule has 1 saturated carbocycles. The monoisotopic (exact) mass is 189 g/mol. The SMILES string of the molecule is BrC1CCC2N=COC12. The molecule has 0 spiro atoms. The van der Waals surface area contributed by atoms with Crippen molar-refractivity contribution in [3.63, 3.8) is 0 Å². The van der Waals surface area contributed by atoms with Gasteiger partial charge in [-0.15, -0.1) is 0 Å². The summed E-state index contributed by atoms with van der Waals surface area (Å²) < 4.78 is 5.25. The van der Waals surface area contributed by atoms with E-state index < -0.39 is 0 Å². The zero-order chi connectivity index (χ0) is 6.27. The molecule has 1 aliphatic heterocycles. The minimum absolute atomic E-state index is 0.338. The molecule has 3 unspecified atom stereocenters. The Morgan fingerprint density at radius 3 is 3.22 bits per heavy atom. The van der Waals surface area contributed by atoms with E-state index in [1.807, 2.05) is 0 Å². The van der Waals surface area contributed by atoms with E-state index in [-0.39, 0.29) is 0 Å². The number of nitrogens with zero attached hydrogens (tertiary/aromatic N) is 1. The van der Waals surface area contributed by atoms with Gasteiger partial charge in [-0.05, 0) is 12.8 Å². The van der Waals surface area contributed by atoms with Crippen molar-refractivity contribution in [1.82, 2.24) is 0 Å². The van der Waals surface area contributed by atoms with Crippen molar-refractivity contribution in [2.45, 2.75) is 29.8 Å². The van der Waals surface area contributed by atoms with Crippen LogP contribution in [0.15, 0.2) is 4.99 Å². The molecule has 1 aliphatic carbocycles. The zero-order valence-electron chi connectivity index (χ0n) is 4.96. The fourth-order valence-corrected chi connectivity index (χ4v) is 2.16. The quantitative estimate of drug-likeness (QED) is 0.528. The number of fused-ring (bicyclic) bond motifs is 1. The number of halogens is 1. The highest BCUT2D eigenvalue weighted by atomic mass is 79.9. The molecule has 2 rings (SSSR count). The largest absolute Gasteiger partial charge is 0.477 e. The van der Waals surface area contributed by atoms with Gasteiger partial charge in [0.15, 0.2) is 6.40 Å². The van der Waals surface area contributed by atoms with Crippen LogP contribution in [0.2, 0.25) is 0 Å². The Morgan fingerprint density at radius 1 is 1.56 bits per heavy atom. The summed E-state index contributed by atoms with van der Waals surface area (Å²) in [6, 6.07) is 0.453. The molecule has 0 aromatic heterocycles. The molecule has 50 valence electrons. The molecule has 0 bridgehead atoms. The molecular weight excluding hydrogens is 182 g/mol. The van der Waals surface area contributed by atoms with Crippen LogP contribution in [0.3, 0.4) is 0 Å². The van der Waals surface area contributed by atoms with E-state index in [1.54, 1.807) is 6.40 Å². The van der Waals surface area contributed by atoms with Crippen molar-refractivity contribution in [1.29, 1.82) is 0 Å². The van der Waals surface area contributed by atoms with Crippen molar-refractivity contribution in [2.24, 2.45) is 4.99 Å². The second-order valence-corrected chi connectivity index (χ2v) is 3.69. The standard InChI is InChI=1S/C6H8BrNO/c7-4-1-2-5-6(4)9-3-8-5/h3-6H,1-2H2. The van der Waals surface area contributed by atoms with Gasteiger partial charge in [-0.1, -0.05) is 15.9 Å². The van der Waals surface area contributed by atoms with E-state index in [1.165, 1.54) is 12.8 Å². The van der Waals surface area contributed by atoms with E-state index >= 15 is 0 Å². The maximum Gasteiger partial charge on any atom is 0.170 e. The third kappa shape index (κ3) is 0.784. The molecule has 0 saturated heterocycles. The first-order valence-corrected chi connectivity index (χ1v) is 4.10. The lowest BCUT2D eigenvalue weighted by Gasteiger charge is -2.09. The van der Waals surface area contributed by atoms with E-state index in [4.69, 9.17) is 4.74 Å². The Bertz CT molecular complexity index is 148.